The quantitative estimate of drug-likeness (QED) is 0.273. The van der Waals surface area contributed by atoms with Gasteiger partial charge in [0.25, 0.3) is 5.91 Å². The first-order valence-corrected chi connectivity index (χ1v) is 11.5. The molecule has 10 heteroatoms. The van der Waals surface area contributed by atoms with Gasteiger partial charge in [0.1, 0.15) is 0 Å². The van der Waals surface area contributed by atoms with Gasteiger partial charge in [0, 0.05) is 15.8 Å². The molecule has 3 aromatic rings. The fraction of sp³-hybridized carbons (Fsp3) is 0.111. The molecular formula is C18H14Cl2N4OS3. The van der Waals surface area contributed by atoms with Gasteiger partial charge in [0.05, 0.1) is 12.0 Å². The number of carbonyl (C=O) groups excluding carboxylic acids is 1. The van der Waals surface area contributed by atoms with E-state index in [2.05, 4.69) is 20.7 Å². The van der Waals surface area contributed by atoms with E-state index in [4.69, 9.17) is 23.2 Å². The number of halogens is 2. The second kappa shape index (κ2) is 10.8. The van der Waals surface area contributed by atoms with Crippen LogP contribution in [-0.4, -0.2) is 28.1 Å². The third kappa shape index (κ3) is 6.79. The lowest BCUT2D eigenvalue weighted by Crippen LogP contribution is -2.19. The molecule has 28 heavy (non-hydrogen) atoms. The standard InChI is InChI=1S/C18H14Cl2N4OS3/c19-14-6-3-4-12(8-14)9-21-22-16(25)11-27-18-24-23-17(28-18)26-10-13-5-1-2-7-15(13)20/h1-9H,10-11H2,(H,22,25)/b21-9-. The van der Waals surface area contributed by atoms with Gasteiger partial charge in [-0.05, 0) is 29.3 Å². The van der Waals surface area contributed by atoms with E-state index in [9.17, 15) is 4.79 Å². The van der Waals surface area contributed by atoms with Crippen molar-refractivity contribution in [3.8, 4) is 0 Å². The van der Waals surface area contributed by atoms with Crippen molar-refractivity contribution in [3.05, 3.63) is 69.7 Å². The zero-order chi connectivity index (χ0) is 19.8. The number of amides is 1. The minimum absolute atomic E-state index is 0.205. The summed E-state index contributed by atoms with van der Waals surface area (Å²) in [5.74, 6) is 0.706. The van der Waals surface area contributed by atoms with Crippen molar-refractivity contribution in [3.63, 3.8) is 0 Å². The van der Waals surface area contributed by atoms with Gasteiger partial charge in [-0.25, -0.2) is 5.43 Å². The van der Waals surface area contributed by atoms with Crippen molar-refractivity contribution in [1.29, 1.82) is 0 Å². The Morgan fingerprint density at radius 1 is 1.11 bits per heavy atom. The second-order valence-corrected chi connectivity index (χ2v) is 9.62. The smallest absolute Gasteiger partial charge is 0.250 e. The fourth-order valence-corrected chi connectivity index (χ4v) is 5.29. The predicted octanol–water partition coefficient (Wildman–Crippen LogP) is 5.38. The lowest BCUT2D eigenvalue weighted by Gasteiger charge is -2.00. The zero-order valence-electron chi connectivity index (χ0n) is 14.3. The molecule has 0 aliphatic carbocycles. The van der Waals surface area contributed by atoms with Gasteiger partial charge in [0.2, 0.25) is 0 Å². The first-order valence-electron chi connectivity index (χ1n) is 8.00. The molecule has 0 aliphatic rings. The van der Waals surface area contributed by atoms with Crippen LogP contribution in [0.5, 0.6) is 0 Å². The van der Waals surface area contributed by atoms with E-state index in [1.165, 1.54) is 23.1 Å². The molecule has 1 aromatic heterocycles. The Balaban J connectivity index is 1.42. The maximum Gasteiger partial charge on any atom is 0.250 e. The van der Waals surface area contributed by atoms with Gasteiger partial charge in [-0.2, -0.15) is 5.10 Å². The van der Waals surface area contributed by atoms with Gasteiger partial charge in [-0.1, -0.05) is 88.4 Å². The van der Waals surface area contributed by atoms with Crippen LogP contribution in [0.15, 0.2) is 62.3 Å². The molecule has 0 radical (unpaired) electrons. The van der Waals surface area contributed by atoms with Gasteiger partial charge in [0.15, 0.2) is 8.68 Å². The molecule has 0 atom stereocenters. The minimum Gasteiger partial charge on any atom is -0.272 e. The molecule has 3 rings (SSSR count). The van der Waals surface area contributed by atoms with E-state index < -0.39 is 0 Å². The molecule has 0 saturated heterocycles. The van der Waals surface area contributed by atoms with Crippen molar-refractivity contribution in [2.75, 3.05) is 5.75 Å². The molecule has 144 valence electrons. The van der Waals surface area contributed by atoms with Crippen molar-refractivity contribution < 1.29 is 4.79 Å². The summed E-state index contributed by atoms with van der Waals surface area (Å²) >= 11 is 16.4. The Kier molecular flexibility index (Phi) is 8.17. The molecule has 0 fully saturated rings. The van der Waals surface area contributed by atoms with Crippen molar-refractivity contribution in [2.24, 2.45) is 5.10 Å². The van der Waals surface area contributed by atoms with Crippen LogP contribution < -0.4 is 5.43 Å². The normalized spacial score (nSPS) is 11.1. The summed E-state index contributed by atoms with van der Waals surface area (Å²) < 4.78 is 1.57. The highest BCUT2D eigenvalue weighted by Gasteiger charge is 2.09. The van der Waals surface area contributed by atoms with Crippen LogP contribution in [0.25, 0.3) is 0 Å². The average Bonchev–Trinajstić information content (AvgIpc) is 3.14. The summed E-state index contributed by atoms with van der Waals surface area (Å²) in [5, 5.41) is 13.5. The van der Waals surface area contributed by atoms with Crippen LogP contribution in [0.4, 0.5) is 0 Å². The molecule has 1 N–H and O–H groups in total. The number of carbonyl (C=O) groups is 1. The summed E-state index contributed by atoms with van der Waals surface area (Å²) in [6.45, 7) is 0. The number of nitrogens with zero attached hydrogens (tertiary/aromatic N) is 3. The molecule has 5 nitrogen and oxygen atoms in total. The van der Waals surface area contributed by atoms with E-state index in [1.807, 2.05) is 36.4 Å². The van der Waals surface area contributed by atoms with Gasteiger partial charge in [-0.3, -0.25) is 4.79 Å². The van der Waals surface area contributed by atoms with Crippen molar-refractivity contribution in [1.82, 2.24) is 15.6 Å². The first kappa shape index (κ1) is 21.1. The van der Waals surface area contributed by atoms with E-state index >= 15 is 0 Å². The van der Waals surface area contributed by atoms with Crippen LogP contribution in [-0.2, 0) is 10.5 Å². The number of hydrogen-bond acceptors (Lipinski definition) is 7. The van der Waals surface area contributed by atoms with Crippen LogP contribution >= 0.6 is 58.1 Å². The summed E-state index contributed by atoms with van der Waals surface area (Å²) in [4.78, 5) is 11.9. The molecule has 1 amide bonds. The third-order valence-corrected chi connectivity index (χ3v) is 7.12. The highest BCUT2D eigenvalue weighted by atomic mass is 35.5. The first-order chi connectivity index (χ1) is 13.6. The maximum absolute atomic E-state index is 11.9. The zero-order valence-corrected chi connectivity index (χ0v) is 18.3. The number of benzene rings is 2. The van der Waals surface area contributed by atoms with Crippen LogP contribution in [0.2, 0.25) is 10.0 Å². The largest absolute Gasteiger partial charge is 0.272 e. The maximum atomic E-state index is 11.9. The van der Waals surface area contributed by atoms with Crippen LogP contribution in [0, 0.1) is 0 Å². The van der Waals surface area contributed by atoms with Gasteiger partial charge >= 0.3 is 0 Å². The number of nitrogens with one attached hydrogen (secondary N) is 1. The Labute approximate surface area is 184 Å². The SMILES string of the molecule is O=C(CSc1nnc(SCc2ccccc2Cl)s1)N/N=C\c1cccc(Cl)c1. The molecule has 0 unspecified atom stereocenters. The van der Waals surface area contributed by atoms with E-state index in [0.29, 0.717) is 5.02 Å². The Morgan fingerprint density at radius 3 is 2.68 bits per heavy atom. The average molecular weight is 469 g/mol. The summed E-state index contributed by atoms with van der Waals surface area (Å²) in [6, 6.07) is 14.9. The molecule has 0 spiro atoms. The van der Waals surface area contributed by atoms with Crippen molar-refractivity contribution >= 4 is 70.2 Å². The second-order valence-electron chi connectivity index (χ2n) is 5.35. The number of rotatable bonds is 8. The van der Waals surface area contributed by atoms with E-state index in [1.54, 1.807) is 30.1 Å². The Hall–Kier alpha value is -1.58. The molecule has 0 saturated carbocycles. The summed E-state index contributed by atoms with van der Waals surface area (Å²) in [7, 11) is 0. The minimum atomic E-state index is -0.219. The monoisotopic (exact) mass is 468 g/mol. The van der Waals surface area contributed by atoms with E-state index in [0.717, 1.165) is 30.6 Å². The van der Waals surface area contributed by atoms with E-state index in [-0.39, 0.29) is 11.7 Å². The number of hydrogen-bond donors (Lipinski definition) is 1. The van der Waals surface area contributed by atoms with Gasteiger partial charge in [-0.15, -0.1) is 10.2 Å². The van der Waals surface area contributed by atoms with Gasteiger partial charge < -0.3 is 0 Å². The topological polar surface area (TPSA) is 67.2 Å². The molecule has 0 bridgehead atoms. The Morgan fingerprint density at radius 2 is 1.89 bits per heavy atom. The number of hydrazone groups is 1. The highest BCUT2D eigenvalue weighted by Crippen LogP contribution is 2.32. The lowest BCUT2D eigenvalue weighted by atomic mass is 10.2. The number of aromatic nitrogens is 2. The van der Waals surface area contributed by atoms with Crippen molar-refractivity contribution in [2.45, 2.75) is 14.4 Å². The molecule has 0 aliphatic heterocycles. The molecule has 1 heterocycles. The Bertz CT molecular complexity index is 981. The number of thioether (sulfide) groups is 2. The fourth-order valence-electron chi connectivity index (χ4n) is 1.99. The molecular weight excluding hydrogens is 455 g/mol. The van der Waals surface area contributed by atoms with Crippen LogP contribution in [0.3, 0.4) is 0 Å². The summed E-state index contributed by atoms with van der Waals surface area (Å²) in [5.41, 5.74) is 4.35. The third-order valence-electron chi connectivity index (χ3n) is 3.28. The molecule has 2 aromatic carbocycles. The predicted molar refractivity (Wildman–Crippen MR) is 119 cm³/mol. The lowest BCUT2D eigenvalue weighted by molar-refractivity contribution is -0.118. The highest BCUT2D eigenvalue weighted by molar-refractivity contribution is 8.03. The summed E-state index contributed by atoms with van der Waals surface area (Å²) in [6.07, 6.45) is 1.54. The van der Waals surface area contributed by atoms with Crippen LogP contribution in [0.1, 0.15) is 11.1 Å².